The smallest absolute Gasteiger partial charge is 0.724 e. The van der Waals surface area contributed by atoms with Crippen LogP contribution >= 0.6 is 0 Å². The van der Waals surface area contributed by atoms with Crippen LogP contribution in [0.1, 0.15) is 0 Å². The van der Waals surface area contributed by atoms with Gasteiger partial charge >= 0.3 is 46.6 Å². The predicted octanol–water partition coefficient (Wildman–Crippen LogP) is -3.43. The first-order valence-electron chi connectivity index (χ1n) is 1.71. The molecule has 0 aliphatic heterocycles. The van der Waals surface area contributed by atoms with Crippen LogP contribution in [0.25, 0.3) is 21.6 Å². The summed E-state index contributed by atoms with van der Waals surface area (Å²) in [6.45, 7) is 0. The first-order valence-corrected chi connectivity index (χ1v) is 1.71. The summed E-state index contributed by atoms with van der Waals surface area (Å²) in [6.07, 6.45) is 2.00. The van der Waals surface area contributed by atoms with E-state index in [1.807, 2.05) is 0 Å². The quantitative estimate of drug-likeness (QED) is 0.247. The van der Waals surface area contributed by atoms with Crippen LogP contribution in [-0.2, 0) is 36.2 Å². The number of isocyanates is 4. The van der Waals surface area contributed by atoms with Gasteiger partial charge in [-0.15, -0.1) is 0 Å². The van der Waals surface area contributed by atoms with Crippen LogP contribution in [0.2, 0.25) is 0 Å². The maximum absolute atomic E-state index is 8.24. The Bertz CT molecular complexity index is 161. The van der Waals surface area contributed by atoms with Crippen LogP contribution in [0.4, 0.5) is 0 Å². The molecule has 14 heavy (non-hydrogen) atoms. The van der Waals surface area contributed by atoms with Crippen molar-refractivity contribution in [1.29, 1.82) is 0 Å². The minimum atomic E-state index is 0. The predicted molar refractivity (Wildman–Crippen MR) is 36.2 cm³/mol. The summed E-state index contributed by atoms with van der Waals surface area (Å²) >= 11 is 0. The van der Waals surface area contributed by atoms with Gasteiger partial charge in [-0.2, -0.15) is 0 Å². The molecule has 0 saturated carbocycles. The molecule has 0 aromatic carbocycles. The monoisotopic (exact) mass is 247 g/mol. The molecular formula is C4FeN4NaO4. The minimum absolute atomic E-state index is 0. The van der Waals surface area contributed by atoms with E-state index in [2.05, 4.69) is 0 Å². The van der Waals surface area contributed by atoms with Crippen molar-refractivity contribution in [2.75, 3.05) is 0 Å². The SMILES string of the molecule is [Fe+3].[N-]=C=O.[N-]=C=O.[N-]=C=O.[N-]=C=O.[Na+]. The number of hydrogen-bond acceptors (Lipinski definition) is 4. The van der Waals surface area contributed by atoms with Crippen LogP contribution in [0.5, 0.6) is 0 Å². The van der Waals surface area contributed by atoms with Gasteiger partial charge in [0.25, 0.3) is 0 Å². The third kappa shape index (κ3) is 1210. The second-order valence-electron chi connectivity index (χ2n) is 0.365. The van der Waals surface area contributed by atoms with Crippen LogP contribution in [0, 0.1) is 0 Å². The van der Waals surface area contributed by atoms with Gasteiger partial charge in [-0.1, -0.05) is 0 Å². The van der Waals surface area contributed by atoms with Gasteiger partial charge in [0.05, 0.1) is 0 Å². The first kappa shape index (κ1) is 38.1. The molecule has 0 N–H and O–H groups in total. The average Bonchev–Trinajstić information content (AvgIpc) is 1.92. The van der Waals surface area contributed by atoms with E-state index in [-0.39, 0.29) is 46.6 Å². The van der Waals surface area contributed by atoms with Gasteiger partial charge in [0.15, 0.2) is 0 Å². The Morgan fingerprint density at radius 1 is 0.571 bits per heavy atom. The van der Waals surface area contributed by atoms with Crippen LogP contribution < -0.4 is 29.6 Å². The molecule has 0 aromatic heterocycles. The topological polar surface area (TPSA) is 157 Å². The van der Waals surface area contributed by atoms with Gasteiger partial charge in [-0.05, 0) is 24.3 Å². The van der Waals surface area contributed by atoms with Gasteiger partial charge < -0.3 is 21.6 Å². The molecule has 10 heteroatoms. The van der Waals surface area contributed by atoms with Crippen molar-refractivity contribution in [2.24, 2.45) is 0 Å². The molecule has 0 atom stereocenters. The first-order chi connectivity index (χ1) is 5.66. The number of nitrogens with zero attached hydrogens (tertiary/aromatic N) is 4. The van der Waals surface area contributed by atoms with E-state index in [0.29, 0.717) is 24.3 Å². The van der Waals surface area contributed by atoms with E-state index >= 15 is 0 Å². The third-order valence-corrected chi connectivity index (χ3v) is 0. The molecule has 0 bridgehead atoms. The number of rotatable bonds is 0. The fourth-order valence-electron chi connectivity index (χ4n) is 0. The number of carbonyl (C=O) groups excluding carboxylic acids is 4. The fourth-order valence-corrected chi connectivity index (χ4v) is 0. The largest absolute Gasteiger partial charge is 3.00 e. The Morgan fingerprint density at radius 3 is 0.571 bits per heavy atom. The van der Waals surface area contributed by atoms with Crippen LogP contribution in [0.15, 0.2) is 0 Å². The van der Waals surface area contributed by atoms with E-state index in [1.165, 1.54) is 0 Å². The number of hydrogen-bond donors (Lipinski definition) is 0. The zero-order valence-corrected chi connectivity index (χ0v) is 9.88. The van der Waals surface area contributed by atoms with Crippen molar-refractivity contribution in [3.8, 4) is 0 Å². The minimum Gasteiger partial charge on any atom is -0.724 e. The summed E-state index contributed by atoms with van der Waals surface area (Å²) in [6, 6.07) is 0. The summed E-state index contributed by atoms with van der Waals surface area (Å²) in [4.78, 5) is 32.9. The molecule has 0 amide bonds. The van der Waals surface area contributed by atoms with Crippen molar-refractivity contribution < 1.29 is 65.8 Å². The van der Waals surface area contributed by atoms with Gasteiger partial charge in [-0.25, -0.2) is 0 Å². The normalized spacial score (nSPS) is 2.29. The van der Waals surface area contributed by atoms with E-state index < -0.39 is 0 Å². The molecule has 0 aliphatic carbocycles. The maximum Gasteiger partial charge on any atom is 3.00 e. The van der Waals surface area contributed by atoms with Gasteiger partial charge in [-0.3, -0.25) is 19.2 Å². The molecule has 0 unspecified atom stereocenters. The third-order valence-electron chi connectivity index (χ3n) is 0. The Morgan fingerprint density at radius 2 is 0.571 bits per heavy atom. The summed E-state index contributed by atoms with van der Waals surface area (Å²) in [5.74, 6) is 0. The van der Waals surface area contributed by atoms with Crippen molar-refractivity contribution >= 4 is 24.3 Å². The van der Waals surface area contributed by atoms with Gasteiger partial charge in [0.1, 0.15) is 0 Å². The molecular weight excluding hydrogens is 247 g/mol. The molecule has 69 valence electrons. The van der Waals surface area contributed by atoms with Gasteiger partial charge in [0, 0.05) is 0 Å². The zero-order chi connectivity index (χ0) is 10.8. The second-order valence-corrected chi connectivity index (χ2v) is 0.365. The molecule has 0 heterocycles. The molecule has 0 spiro atoms. The van der Waals surface area contributed by atoms with Crippen molar-refractivity contribution in [3.05, 3.63) is 21.6 Å². The van der Waals surface area contributed by atoms with E-state index in [4.69, 9.17) is 40.8 Å². The fraction of sp³-hybridized carbons (Fsp3) is 0. The Hall–Kier alpha value is -0.961. The molecule has 0 saturated heterocycles. The molecule has 0 fully saturated rings. The van der Waals surface area contributed by atoms with E-state index in [9.17, 15) is 0 Å². The Balaban J connectivity index is -0.0000000145. The average molecular weight is 247 g/mol. The molecule has 0 aliphatic rings. The summed E-state index contributed by atoms with van der Waals surface area (Å²) in [5.41, 5.74) is 0. The van der Waals surface area contributed by atoms with Crippen molar-refractivity contribution in [1.82, 2.24) is 0 Å². The zero-order valence-electron chi connectivity index (χ0n) is 6.78. The maximum atomic E-state index is 8.24. The standard InChI is InChI=1S/4CNO.Fe.Na/c4*2-1-3;;/q4*-1;+3;+1. The van der Waals surface area contributed by atoms with Crippen molar-refractivity contribution in [2.45, 2.75) is 0 Å². The molecule has 8 nitrogen and oxygen atoms in total. The van der Waals surface area contributed by atoms with E-state index in [1.54, 1.807) is 0 Å². The summed E-state index contributed by atoms with van der Waals surface area (Å²) in [5, 5.41) is 27.1. The van der Waals surface area contributed by atoms with Crippen LogP contribution in [0.3, 0.4) is 0 Å². The summed E-state index contributed by atoms with van der Waals surface area (Å²) in [7, 11) is 0. The summed E-state index contributed by atoms with van der Waals surface area (Å²) < 4.78 is 0. The molecule has 0 aromatic rings. The van der Waals surface area contributed by atoms with E-state index in [0.717, 1.165) is 0 Å². The molecule has 1 radical (unpaired) electrons. The Labute approximate surface area is 111 Å². The molecule has 0 rings (SSSR count). The Kier molecular flexibility index (Phi) is 433. The van der Waals surface area contributed by atoms with Crippen molar-refractivity contribution in [3.63, 3.8) is 0 Å². The van der Waals surface area contributed by atoms with Crippen LogP contribution in [-0.4, -0.2) is 24.3 Å². The van der Waals surface area contributed by atoms with Gasteiger partial charge in [0.2, 0.25) is 0 Å². The second kappa shape index (κ2) is 159.